The lowest BCUT2D eigenvalue weighted by Gasteiger charge is -2.35. The first-order valence-corrected chi connectivity index (χ1v) is 15.3. The summed E-state index contributed by atoms with van der Waals surface area (Å²) in [4.78, 5) is 54.7. The van der Waals surface area contributed by atoms with Crippen LogP contribution in [0.3, 0.4) is 0 Å². The third-order valence-corrected chi connectivity index (χ3v) is 7.24. The van der Waals surface area contributed by atoms with E-state index < -0.39 is 42.0 Å². The fourth-order valence-electron chi connectivity index (χ4n) is 4.88. The number of alkyl carbamates (subject to hydrolysis) is 1. The van der Waals surface area contributed by atoms with Crippen molar-refractivity contribution in [3.05, 3.63) is 70.8 Å². The van der Waals surface area contributed by atoms with Crippen molar-refractivity contribution in [2.24, 2.45) is 5.73 Å². The van der Waals surface area contributed by atoms with E-state index >= 15 is 0 Å². The summed E-state index contributed by atoms with van der Waals surface area (Å²) in [5, 5.41) is 5.56. The van der Waals surface area contributed by atoms with Crippen LogP contribution in [-0.2, 0) is 25.7 Å². The highest BCUT2D eigenvalue weighted by Gasteiger charge is 2.37. The van der Waals surface area contributed by atoms with Gasteiger partial charge >= 0.3 is 6.09 Å². The minimum Gasteiger partial charge on any atom is -0.444 e. The van der Waals surface area contributed by atoms with Gasteiger partial charge in [0.2, 0.25) is 17.7 Å². The number of unbranched alkanes of at least 4 members (excludes halogenated alkanes) is 5. The van der Waals surface area contributed by atoms with Crippen molar-refractivity contribution in [3.8, 4) is 0 Å². The molecule has 2 aromatic rings. The normalized spacial score (nSPS) is 12.6. The molecule has 2 rings (SSSR count). The van der Waals surface area contributed by atoms with Crippen molar-refractivity contribution in [3.63, 3.8) is 0 Å². The van der Waals surface area contributed by atoms with Gasteiger partial charge in [0, 0.05) is 13.1 Å². The molecule has 0 fully saturated rings. The molecule has 0 bridgehead atoms. The molecular formula is C34H50N4O5. The van der Waals surface area contributed by atoms with Crippen molar-refractivity contribution in [1.82, 2.24) is 15.5 Å². The summed E-state index contributed by atoms with van der Waals surface area (Å²) < 4.78 is 5.38. The second-order valence-corrected chi connectivity index (χ2v) is 12.1. The van der Waals surface area contributed by atoms with Crippen LogP contribution in [0.25, 0.3) is 0 Å². The van der Waals surface area contributed by atoms with Crippen LogP contribution in [0.15, 0.2) is 48.5 Å². The number of amides is 4. The number of primary amides is 1. The number of nitrogens with zero attached hydrogens (tertiary/aromatic N) is 1. The van der Waals surface area contributed by atoms with E-state index in [4.69, 9.17) is 10.5 Å². The largest absolute Gasteiger partial charge is 0.444 e. The number of ether oxygens (including phenoxy) is 1. The summed E-state index contributed by atoms with van der Waals surface area (Å²) >= 11 is 0. The molecule has 9 nitrogen and oxygen atoms in total. The van der Waals surface area contributed by atoms with E-state index in [0.717, 1.165) is 48.8 Å². The molecular weight excluding hydrogens is 544 g/mol. The lowest BCUT2D eigenvalue weighted by molar-refractivity contribution is -0.143. The Kier molecular flexibility index (Phi) is 14.2. The highest BCUT2D eigenvalue weighted by Crippen LogP contribution is 2.28. The Labute approximate surface area is 256 Å². The SMILES string of the molecule is CCCCCCCCN(C(=O)C(CC(N)=O)NC(=O)OC(C)(C)C)C(C(=O)NCc1ccccc1)c1cccc(C)c1C. The van der Waals surface area contributed by atoms with Gasteiger partial charge in [0.05, 0.1) is 6.42 Å². The third-order valence-electron chi connectivity index (χ3n) is 7.24. The zero-order valence-corrected chi connectivity index (χ0v) is 26.7. The highest BCUT2D eigenvalue weighted by atomic mass is 16.6. The molecule has 4 N–H and O–H groups in total. The van der Waals surface area contributed by atoms with E-state index in [0.29, 0.717) is 12.0 Å². The second kappa shape index (κ2) is 17.3. The zero-order chi connectivity index (χ0) is 32.0. The Bertz CT molecular complexity index is 1210. The Morgan fingerprint density at radius 3 is 2.19 bits per heavy atom. The number of rotatable bonds is 16. The molecule has 2 aromatic carbocycles. The van der Waals surface area contributed by atoms with Crippen molar-refractivity contribution >= 4 is 23.8 Å². The molecule has 4 amide bonds. The minimum absolute atomic E-state index is 0.257. The number of carbonyl (C=O) groups is 4. The van der Waals surface area contributed by atoms with E-state index in [1.165, 1.54) is 4.90 Å². The van der Waals surface area contributed by atoms with E-state index in [-0.39, 0.29) is 19.0 Å². The molecule has 2 atom stereocenters. The third kappa shape index (κ3) is 12.1. The molecule has 2 unspecified atom stereocenters. The molecule has 236 valence electrons. The molecule has 0 spiro atoms. The summed E-state index contributed by atoms with van der Waals surface area (Å²) in [7, 11) is 0. The van der Waals surface area contributed by atoms with Gasteiger partial charge in [0.25, 0.3) is 0 Å². The van der Waals surface area contributed by atoms with Crippen LogP contribution >= 0.6 is 0 Å². The fraction of sp³-hybridized carbons (Fsp3) is 0.529. The van der Waals surface area contributed by atoms with Gasteiger partial charge in [-0.15, -0.1) is 0 Å². The topological polar surface area (TPSA) is 131 Å². The smallest absolute Gasteiger partial charge is 0.408 e. The predicted octanol–water partition coefficient (Wildman–Crippen LogP) is 5.62. The molecule has 0 saturated carbocycles. The van der Waals surface area contributed by atoms with Gasteiger partial charge < -0.3 is 26.0 Å². The average Bonchev–Trinajstić information content (AvgIpc) is 2.93. The molecule has 0 aliphatic heterocycles. The van der Waals surface area contributed by atoms with Gasteiger partial charge in [0.15, 0.2) is 0 Å². The van der Waals surface area contributed by atoms with Crippen LogP contribution in [0.2, 0.25) is 0 Å². The summed E-state index contributed by atoms with van der Waals surface area (Å²) in [6.07, 6.45) is 4.59. The molecule has 0 aromatic heterocycles. The van der Waals surface area contributed by atoms with E-state index in [1.807, 2.05) is 62.4 Å². The number of benzene rings is 2. The Balaban J connectivity index is 2.52. The average molecular weight is 595 g/mol. The Morgan fingerprint density at radius 1 is 0.907 bits per heavy atom. The molecule has 43 heavy (non-hydrogen) atoms. The molecule has 0 saturated heterocycles. The van der Waals surface area contributed by atoms with Gasteiger partial charge in [-0.2, -0.15) is 0 Å². The summed E-state index contributed by atoms with van der Waals surface area (Å²) in [5.74, 6) is -1.68. The van der Waals surface area contributed by atoms with Gasteiger partial charge in [-0.1, -0.05) is 87.6 Å². The van der Waals surface area contributed by atoms with Crippen LogP contribution < -0.4 is 16.4 Å². The number of nitrogens with two attached hydrogens (primary N) is 1. The zero-order valence-electron chi connectivity index (χ0n) is 26.7. The van der Waals surface area contributed by atoms with Gasteiger partial charge in [0.1, 0.15) is 17.7 Å². The van der Waals surface area contributed by atoms with Gasteiger partial charge in [-0.05, 0) is 63.3 Å². The van der Waals surface area contributed by atoms with Crippen LogP contribution in [0, 0.1) is 13.8 Å². The number of aryl methyl sites for hydroxylation is 1. The van der Waals surface area contributed by atoms with E-state index in [2.05, 4.69) is 17.6 Å². The Morgan fingerprint density at radius 2 is 1.56 bits per heavy atom. The monoisotopic (exact) mass is 594 g/mol. The molecule has 0 heterocycles. The predicted molar refractivity (Wildman–Crippen MR) is 169 cm³/mol. The summed E-state index contributed by atoms with van der Waals surface area (Å²) in [6.45, 7) is 11.7. The van der Waals surface area contributed by atoms with Crippen LogP contribution in [0.4, 0.5) is 4.79 Å². The lowest BCUT2D eigenvalue weighted by Crippen LogP contribution is -2.54. The van der Waals surface area contributed by atoms with Gasteiger partial charge in [-0.3, -0.25) is 14.4 Å². The van der Waals surface area contributed by atoms with Gasteiger partial charge in [-0.25, -0.2) is 4.79 Å². The number of hydrogen-bond donors (Lipinski definition) is 3. The standard InChI is InChI=1S/C34H50N4O5/c1-7-8-9-10-11-15-21-38(32(41)28(22-29(35)39)37-33(42)43-34(4,5)6)30(27-20-16-17-24(2)25(27)3)31(40)36-23-26-18-13-12-14-19-26/h12-14,16-20,28,30H,7-11,15,21-23H2,1-6H3,(H2,35,39)(H,36,40)(H,37,42). The van der Waals surface area contributed by atoms with E-state index in [1.54, 1.807) is 20.8 Å². The summed E-state index contributed by atoms with van der Waals surface area (Å²) in [5.41, 5.74) is 8.17. The maximum Gasteiger partial charge on any atom is 0.408 e. The summed E-state index contributed by atoms with van der Waals surface area (Å²) in [6, 6.07) is 12.9. The Hall–Kier alpha value is -3.88. The first-order valence-electron chi connectivity index (χ1n) is 15.3. The quantitative estimate of drug-likeness (QED) is 0.217. The van der Waals surface area contributed by atoms with Crippen LogP contribution in [-0.4, -0.2) is 46.9 Å². The van der Waals surface area contributed by atoms with Crippen molar-refractivity contribution < 1.29 is 23.9 Å². The minimum atomic E-state index is -1.30. The van der Waals surface area contributed by atoms with Crippen LogP contribution in [0.1, 0.15) is 101 Å². The second-order valence-electron chi connectivity index (χ2n) is 12.1. The van der Waals surface area contributed by atoms with E-state index in [9.17, 15) is 19.2 Å². The number of carbonyl (C=O) groups excluding carboxylic acids is 4. The maximum atomic E-state index is 14.3. The first kappa shape index (κ1) is 35.3. The highest BCUT2D eigenvalue weighted by molar-refractivity contribution is 5.94. The first-order chi connectivity index (χ1) is 20.3. The van der Waals surface area contributed by atoms with Crippen molar-refractivity contribution in [2.75, 3.05) is 6.54 Å². The van der Waals surface area contributed by atoms with Crippen LogP contribution in [0.5, 0.6) is 0 Å². The van der Waals surface area contributed by atoms with Crippen molar-refractivity contribution in [1.29, 1.82) is 0 Å². The molecule has 0 radical (unpaired) electrons. The maximum absolute atomic E-state index is 14.3. The molecule has 0 aliphatic rings. The van der Waals surface area contributed by atoms with Crippen molar-refractivity contribution in [2.45, 2.75) is 111 Å². The number of hydrogen-bond acceptors (Lipinski definition) is 5. The lowest BCUT2D eigenvalue weighted by atomic mass is 9.94. The fourth-order valence-corrected chi connectivity index (χ4v) is 4.88. The molecule has 0 aliphatic carbocycles. The molecule has 9 heteroatoms. The number of nitrogens with one attached hydrogen (secondary N) is 2.